The first kappa shape index (κ1) is 30.7. The molecule has 0 atom stereocenters. The summed E-state index contributed by atoms with van der Waals surface area (Å²) in [6.07, 6.45) is 0. The number of hydrogen-bond donors (Lipinski definition) is 0. The normalized spacial score (nSPS) is 11.9. The largest absolute Gasteiger partial charge is 0.456 e. The Balaban J connectivity index is 1.08. The van der Waals surface area contributed by atoms with E-state index in [1.165, 1.54) is 10.8 Å². The Kier molecular flexibility index (Phi) is 6.53. The van der Waals surface area contributed by atoms with E-state index in [1.54, 1.807) is 0 Å². The Hall–Kier alpha value is -7.70. The molecule has 0 amide bonds. The lowest BCUT2D eigenvalue weighted by atomic mass is 9.96. The fourth-order valence-corrected chi connectivity index (χ4v) is 8.22. The zero-order valence-electron chi connectivity index (χ0n) is 29.8. The third-order valence-electron chi connectivity index (χ3n) is 10.9. The molecule has 12 rings (SSSR count). The van der Waals surface area contributed by atoms with Crippen molar-refractivity contribution in [1.82, 2.24) is 19.9 Å². The zero-order valence-corrected chi connectivity index (χ0v) is 29.8. The molecule has 56 heavy (non-hydrogen) atoms. The summed E-state index contributed by atoms with van der Waals surface area (Å²) in [5, 5.41) is 10.8. The van der Waals surface area contributed by atoms with Crippen LogP contribution in [0.25, 0.3) is 122 Å². The maximum atomic E-state index is 6.64. The lowest BCUT2D eigenvalue weighted by Crippen LogP contribution is -2.00. The highest BCUT2D eigenvalue weighted by molar-refractivity contribution is 6.25. The second kappa shape index (κ2) is 11.9. The molecule has 0 bridgehead atoms. The number of aromatic nitrogens is 4. The van der Waals surface area contributed by atoms with Crippen LogP contribution in [0.1, 0.15) is 0 Å². The molecule has 0 saturated heterocycles. The molecular weight excluding hydrogens is 689 g/mol. The number of oxazole rings is 1. The van der Waals surface area contributed by atoms with Gasteiger partial charge in [0.15, 0.2) is 23.1 Å². The van der Waals surface area contributed by atoms with Gasteiger partial charge in [-0.05, 0) is 85.6 Å². The average Bonchev–Trinajstić information content (AvgIpc) is 3.88. The van der Waals surface area contributed by atoms with Crippen LogP contribution in [-0.2, 0) is 0 Å². The highest BCUT2D eigenvalue weighted by atomic mass is 16.4. The summed E-state index contributed by atoms with van der Waals surface area (Å²) < 4.78 is 13.1. The fraction of sp³-hybridized carbons (Fsp3) is 0. The summed E-state index contributed by atoms with van der Waals surface area (Å²) in [6.45, 7) is 0. The molecule has 0 N–H and O–H groups in total. The van der Waals surface area contributed by atoms with E-state index in [0.717, 1.165) is 82.0 Å². The predicted molar refractivity (Wildman–Crippen MR) is 226 cm³/mol. The molecule has 6 heteroatoms. The lowest BCUT2D eigenvalue weighted by molar-refractivity contribution is 0.622. The van der Waals surface area contributed by atoms with Crippen molar-refractivity contribution < 1.29 is 8.83 Å². The zero-order chi connectivity index (χ0) is 36.7. The molecule has 3 heterocycles. The second-order valence-electron chi connectivity index (χ2n) is 14.2. The smallest absolute Gasteiger partial charge is 0.227 e. The molecule has 6 nitrogen and oxygen atoms in total. The number of hydrogen-bond acceptors (Lipinski definition) is 6. The van der Waals surface area contributed by atoms with Crippen molar-refractivity contribution in [2.75, 3.05) is 0 Å². The van der Waals surface area contributed by atoms with E-state index >= 15 is 0 Å². The molecule has 0 aliphatic heterocycles. The monoisotopic (exact) mass is 716 g/mol. The standard InChI is InChI=1S/C50H28N4O2/c1-2-11-31(12-3-1)47-52-48(54-49(53-47)40-27-33-14-6-7-15-36(33)37-16-8-9-17-38(37)40)34-20-19-30-22-24-42-44(39(30)28-34)45-43(55-42)25-23-41-46(45)56-50(51-41)35-21-18-29-10-4-5-13-32(29)26-35/h1-28H. The number of fused-ring (bicyclic) bond motifs is 11. The minimum atomic E-state index is 0.570. The highest BCUT2D eigenvalue weighted by Gasteiger charge is 2.21. The van der Waals surface area contributed by atoms with Crippen LogP contribution in [0.2, 0.25) is 0 Å². The third-order valence-corrected chi connectivity index (χ3v) is 10.9. The fourth-order valence-electron chi connectivity index (χ4n) is 8.22. The van der Waals surface area contributed by atoms with Crippen LogP contribution in [0, 0.1) is 0 Å². The van der Waals surface area contributed by atoms with Gasteiger partial charge in [-0.3, -0.25) is 0 Å². The number of rotatable bonds is 4. The van der Waals surface area contributed by atoms with E-state index in [9.17, 15) is 0 Å². The first-order valence-corrected chi connectivity index (χ1v) is 18.6. The van der Waals surface area contributed by atoms with Crippen molar-refractivity contribution in [2.45, 2.75) is 0 Å². The van der Waals surface area contributed by atoms with Crippen LogP contribution in [0.15, 0.2) is 179 Å². The van der Waals surface area contributed by atoms with Crippen molar-refractivity contribution in [2.24, 2.45) is 0 Å². The van der Waals surface area contributed by atoms with Crippen molar-refractivity contribution >= 4 is 76.1 Å². The minimum absolute atomic E-state index is 0.570. The summed E-state index contributed by atoms with van der Waals surface area (Å²) in [6, 6.07) is 58.3. The van der Waals surface area contributed by atoms with Crippen molar-refractivity contribution in [3.05, 3.63) is 170 Å². The van der Waals surface area contributed by atoms with E-state index in [1.807, 2.05) is 60.7 Å². The van der Waals surface area contributed by atoms with Gasteiger partial charge in [-0.2, -0.15) is 0 Å². The molecule has 260 valence electrons. The molecule has 0 saturated carbocycles. The molecule has 0 aliphatic carbocycles. The second-order valence-corrected chi connectivity index (χ2v) is 14.2. The van der Waals surface area contributed by atoms with Gasteiger partial charge in [0, 0.05) is 27.6 Å². The summed E-state index contributed by atoms with van der Waals surface area (Å²) in [4.78, 5) is 20.4. The van der Waals surface area contributed by atoms with Gasteiger partial charge in [-0.25, -0.2) is 19.9 Å². The third kappa shape index (κ3) is 4.76. The number of furan rings is 1. The molecule has 0 aliphatic rings. The Labute approximate surface area is 319 Å². The van der Waals surface area contributed by atoms with Gasteiger partial charge in [0.2, 0.25) is 5.89 Å². The summed E-state index contributed by atoms with van der Waals surface area (Å²) in [7, 11) is 0. The van der Waals surface area contributed by atoms with Crippen molar-refractivity contribution in [3.8, 4) is 45.6 Å². The van der Waals surface area contributed by atoms with Crippen LogP contribution in [-0.4, -0.2) is 19.9 Å². The highest BCUT2D eigenvalue weighted by Crippen LogP contribution is 2.42. The van der Waals surface area contributed by atoms with Crippen LogP contribution >= 0.6 is 0 Å². The Bertz CT molecular complexity index is 3550. The van der Waals surface area contributed by atoms with Crippen molar-refractivity contribution in [3.63, 3.8) is 0 Å². The Morgan fingerprint density at radius 3 is 1.86 bits per heavy atom. The first-order valence-electron chi connectivity index (χ1n) is 18.6. The first-order chi connectivity index (χ1) is 27.7. The molecule has 0 spiro atoms. The van der Waals surface area contributed by atoms with Gasteiger partial charge in [0.05, 0.1) is 5.39 Å². The minimum Gasteiger partial charge on any atom is -0.456 e. The average molecular weight is 717 g/mol. The molecule has 12 aromatic rings. The molecule has 0 unspecified atom stereocenters. The van der Waals surface area contributed by atoms with Gasteiger partial charge in [0.1, 0.15) is 16.7 Å². The molecular formula is C50H28N4O2. The van der Waals surface area contributed by atoms with Crippen LogP contribution in [0.3, 0.4) is 0 Å². The topological polar surface area (TPSA) is 77.8 Å². The predicted octanol–water partition coefficient (Wildman–Crippen LogP) is 13.2. The van der Waals surface area contributed by atoms with Gasteiger partial charge in [0.25, 0.3) is 0 Å². The SMILES string of the molecule is c1ccc(-c2nc(-c3ccc4ccc5oc6ccc7nc(-c8ccc9ccccc9c8)oc7c6c5c4c3)nc(-c3cc4ccccc4c4ccccc34)n2)cc1. The summed E-state index contributed by atoms with van der Waals surface area (Å²) >= 11 is 0. The van der Waals surface area contributed by atoms with Crippen LogP contribution in [0.5, 0.6) is 0 Å². The number of benzene rings is 9. The van der Waals surface area contributed by atoms with E-state index < -0.39 is 0 Å². The Morgan fingerprint density at radius 2 is 0.982 bits per heavy atom. The van der Waals surface area contributed by atoms with Gasteiger partial charge in [-0.15, -0.1) is 0 Å². The van der Waals surface area contributed by atoms with Crippen LogP contribution < -0.4 is 0 Å². The molecule has 9 aromatic carbocycles. The van der Waals surface area contributed by atoms with Gasteiger partial charge < -0.3 is 8.83 Å². The maximum absolute atomic E-state index is 6.64. The quantitative estimate of drug-likeness (QED) is 0.169. The van der Waals surface area contributed by atoms with E-state index in [2.05, 4.69) is 109 Å². The van der Waals surface area contributed by atoms with E-state index in [-0.39, 0.29) is 0 Å². The molecule has 0 radical (unpaired) electrons. The van der Waals surface area contributed by atoms with Gasteiger partial charge in [-0.1, -0.05) is 127 Å². The van der Waals surface area contributed by atoms with Gasteiger partial charge >= 0.3 is 0 Å². The summed E-state index contributed by atoms with van der Waals surface area (Å²) in [5.74, 6) is 2.38. The maximum Gasteiger partial charge on any atom is 0.227 e. The summed E-state index contributed by atoms with van der Waals surface area (Å²) in [5.41, 5.74) is 6.64. The van der Waals surface area contributed by atoms with E-state index in [4.69, 9.17) is 28.8 Å². The molecule has 0 fully saturated rings. The van der Waals surface area contributed by atoms with Crippen LogP contribution in [0.4, 0.5) is 0 Å². The number of nitrogens with zero attached hydrogens (tertiary/aromatic N) is 4. The molecule has 3 aromatic heterocycles. The Morgan fingerprint density at radius 1 is 0.339 bits per heavy atom. The van der Waals surface area contributed by atoms with Crippen molar-refractivity contribution in [1.29, 1.82) is 0 Å². The lowest BCUT2D eigenvalue weighted by Gasteiger charge is -2.12. The van der Waals surface area contributed by atoms with E-state index in [0.29, 0.717) is 28.9 Å².